The summed E-state index contributed by atoms with van der Waals surface area (Å²) in [4.78, 5) is 14.6. The van der Waals surface area contributed by atoms with Crippen molar-refractivity contribution in [1.29, 1.82) is 0 Å². The van der Waals surface area contributed by atoms with E-state index in [1.165, 1.54) is 0 Å². The fourth-order valence-electron chi connectivity index (χ4n) is 3.04. The first-order chi connectivity index (χ1) is 8.22. The van der Waals surface area contributed by atoms with Crippen LogP contribution in [-0.2, 0) is 9.53 Å². The Morgan fingerprint density at radius 2 is 2.18 bits per heavy atom. The molecule has 2 N–H and O–H groups in total. The van der Waals surface area contributed by atoms with Gasteiger partial charge in [0.2, 0.25) is 5.91 Å². The molecule has 0 aromatic heterocycles. The lowest BCUT2D eigenvalue weighted by atomic mass is 9.84. The highest BCUT2D eigenvalue weighted by Crippen LogP contribution is 2.39. The molecular formula is C13H24N2O2. The van der Waals surface area contributed by atoms with Gasteiger partial charge in [0.15, 0.2) is 0 Å². The molecule has 0 spiro atoms. The van der Waals surface area contributed by atoms with E-state index in [0.29, 0.717) is 13.2 Å². The molecule has 1 saturated heterocycles. The fraction of sp³-hybridized carbons (Fsp3) is 0.923. The maximum absolute atomic E-state index is 12.6. The van der Waals surface area contributed by atoms with E-state index >= 15 is 0 Å². The molecule has 0 bridgehead atoms. The summed E-state index contributed by atoms with van der Waals surface area (Å²) in [5, 5.41) is 0. The number of rotatable bonds is 3. The van der Waals surface area contributed by atoms with Crippen molar-refractivity contribution >= 4 is 5.91 Å². The Kier molecular flexibility index (Phi) is 4.05. The van der Waals surface area contributed by atoms with Crippen LogP contribution in [0, 0.1) is 5.41 Å². The van der Waals surface area contributed by atoms with Crippen molar-refractivity contribution < 1.29 is 9.53 Å². The predicted molar refractivity (Wildman–Crippen MR) is 66.6 cm³/mol. The van der Waals surface area contributed by atoms with Crippen LogP contribution >= 0.6 is 0 Å². The first-order valence-corrected chi connectivity index (χ1v) is 6.83. The number of morpholine rings is 1. The molecule has 4 nitrogen and oxygen atoms in total. The van der Waals surface area contributed by atoms with Crippen molar-refractivity contribution in [2.45, 2.75) is 45.1 Å². The summed E-state index contributed by atoms with van der Waals surface area (Å²) in [5.74, 6) is 0.277. The van der Waals surface area contributed by atoms with E-state index in [4.69, 9.17) is 10.5 Å². The third-order valence-electron chi connectivity index (χ3n) is 4.29. The van der Waals surface area contributed by atoms with Crippen molar-refractivity contribution in [2.24, 2.45) is 11.1 Å². The van der Waals surface area contributed by atoms with Gasteiger partial charge in [-0.25, -0.2) is 0 Å². The number of amides is 1. The molecule has 17 heavy (non-hydrogen) atoms. The second-order valence-corrected chi connectivity index (χ2v) is 5.34. The van der Waals surface area contributed by atoms with Crippen LogP contribution in [0.2, 0.25) is 0 Å². The number of hydrogen-bond donors (Lipinski definition) is 1. The van der Waals surface area contributed by atoms with Gasteiger partial charge in [0, 0.05) is 19.6 Å². The average molecular weight is 240 g/mol. The lowest BCUT2D eigenvalue weighted by molar-refractivity contribution is -0.149. The van der Waals surface area contributed by atoms with Gasteiger partial charge in [-0.3, -0.25) is 4.79 Å². The maximum Gasteiger partial charge on any atom is 0.230 e. The predicted octanol–water partition coefficient (Wildman–Crippen LogP) is 1.14. The van der Waals surface area contributed by atoms with Crippen LogP contribution in [0.15, 0.2) is 0 Å². The molecule has 1 aliphatic carbocycles. The number of nitrogens with zero attached hydrogens (tertiary/aromatic N) is 1. The summed E-state index contributed by atoms with van der Waals surface area (Å²) in [6, 6.07) is 0. The number of carbonyl (C=O) groups excluding carboxylic acids is 1. The maximum atomic E-state index is 12.6. The van der Waals surface area contributed by atoms with Gasteiger partial charge >= 0.3 is 0 Å². The summed E-state index contributed by atoms with van der Waals surface area (Å²) in [6.07, 6.45) is 5.41. The highest BCUT2D eigenvalue weighted by molar-refractivity contribution is 5.83. The number of hydrogen-bond acceptors (Lipinski definition) is 3. The molecule has 2 aliphatic rings. The molecule has 1 aliphatic heterocycles. The molecule has 1 unspecified atom stereocenters. The van der Waals surface area contributed by atoms with Gasteiger partial charge in [-0.2, -0.15) is 0 Å². The summed E-state index contributed by atoms with van der Waals surface area (Å²) in [6.45, 7) is 4.76. The third-order valence-corrected chi connectivity index (χ3v) is 4.29. The third kappa shape index (κ3) is 2.47. The first-order valence-electron chi connectivity index (χ1n) is 6.83. The van der Waals surface area contributed by atoms with Crippen LogP contribution < -0.4 is 5.73 Å². The lowest BCUT2D eigenvalue weighted by Crippen LogP contribution is -2.52. The fourth-order valence-corrected chi connectivity index (χ4v) is 3.04. The summed E-state index contributed by atoms with van der Waals surface area (Å²) < 4.78 is 5.61. The Balaban J connectivity index is 2.03. The van der Waals surface area contributed by atoms with Gasteiger partial charge in [0.1, 0.15) is 0 Å². The SMILES string of the molecule is CCC1CN(C(=O)C2(CN)CCCC2)CCO1. The van der Waals surface area contributed by atoms with Crippen molar-refractivity contribution in [1.82, 2.24) is 4.90 Å². The van der Waals surface area contributed by atoms with Crippen molar-refractivity contribution in [3.8, 4) is 0 Å². The van der Waals surface area contributed by atoms with Gasteiger partial charge in [-0.1, -0.05) is 19.8 Å². The van der Waals surface area contributed by atoms with Crippen LogP contribution in [0.3, 0.4) is 0 Å². The molecule has 0 aromatic carbocycles. The van der Waals surface area contributed by atoms with E-state index in [0.717, 1.165) is 45.2 Å². The number of ether oxygens (including phenoxy) is 1. The zero-order valence-electron chi connectivity index (χ0n) is 10.8. The van der Waals surface area contributed by atoms with E-state index in [1.807, 2.05) is 4.90 Å². The Hall–Kier alpha value is -0.610. The van der Waals surface area contributed by atoms with Gasteiger partial charge in [-0.05, 0) is 19.3 Å². The average Bonchev–Trinajstić information content (AvgIpc) is 2.88. The minimum absolute atomic E-state index is 0.212. The molecule has 1 atom stereocenters. The molecule has 0 aromatic rings. The Morgan fingerprint density at radius 1 is 1.47 bits per heavy atom. The van der Waals surface area contributed by atoms with Gasteiger partial charge in [0.05, 0.1) is 18.1 Å². The number of carbonyl (C=O) groups is 1. The minimum atomic E-state index is -0.254. The van der Waals surface area contributed by atoms with Crippen molar-refractivity contribution in [3.05, 3.63) is 0 Å². The molecule has 2 rings (SSSR count). The Morgan fingerprint density at radius 3 is 2.76 bits per heavy atom. The van der Waals surface area contributed by atoms with Crippen LogP contribution in [0.25, 0.3) is 0 Å². The summed E-state index contributed by atoms with van der Waals surface area (Å²) in [5.41, 5.74) is 5.61. The highest BCUT2D eigenvalue weighted by atomic mass is 16.5. The highest BCUT2D eigenvalue weighted by Gasteiger charge is 2.43. The molecule has 1 heterocycles. The molecule has 4 heteroatoms. The first kappa shape index (κ1) is 12.8. The van der Waals surface area contributed by atoms with Gasteiger partial charge in [0.25, 0.3) is 0 Å². The van der Waals surface area contributed by atoms with Crippen molar-refractivity contribution in [3.63, 3.8) is 0 Å². The zero-order chi connectivity index (χ0) is 12.3. The monoisotopic (exact) mass is 240 g/mol. The molecule has 1 amide bonds. The molecule has 98 valence electrons. The van der Waals surface area contributed by atoms with E-state index in [-0.39, 0.29) is 17.4 Å². The van der Waals surface area contributed by atoms with Crippen molar-refractivity contribution in [2.75, 3.05) is 26.2 Å². The van der Waals surface area contributed by atoms with E-state index < -0.39 is 0 Å². The summed E-state index contributed by atoms with van der Waals surface area (Å²) in [7, 11) is 0. The standard InChI is InChI=1S/C13H24N2O2/c1-2-11-9-15(7-8-17-11)12(16)13(10-14)5-3-4-6-13/h11H,2-10,14H2,1H3. The molecule has 1 saturated carbocycles. The van der Waals surface area contributed by atoms with Gasteiger partial charge in [-0.15, -0.1) is 0 Å². The van der Waals surface area contributed by atoms with E-state index in [1.54, 1.807) is 0 Å². The Bertz CT molecular complexity index is 275. The second-order valence-electron chi connectivity index (χ2n) is 5.34. The topological polar surface area (TPSA) is 55.6 Å². The van der Waals surface area contributed by atoms with Crippen LogP contribution in [0.4, 0.5) is 0 Å². The zero-order valence-corrected chi connectivity index (χ0v) is 10.8. The minimum Gasteiger partial charge on any atom is -0.375 e. The quantitative estimate of drug-likeness (QED) is 0.805. The Labute approximate surface area is 103 Å². The summed E-state index contributed by atoms with van der Waals surface area (Å²) >= 11 is 0. The largest absolute Gasteiger partial charge is 0.375 e. The van der Waals surface area contributed by atoms with Crippen LogP contribution in [-0.4, -0.2) is 43.2 Å². The lowest BCUT2D eigenvalue weighted by Gasteiger charge is -2.38. The molecular weight excluding hydrogens is 216 g/mol. The number of nitrogens with two attached hydrogens (primary N) is 1. The normalized spacial score (nSPS) is 28.4. The van der Waals surface area contributed by atoms with E-state index in [9.17, 15) is 4.79 Å². The van der Waals surface area contributed by atoms with Gasteiger partial charge < -0.3 is 15.4 Å². The van der Waals surface area contributed by atoms with E-state index in [2.05, 4.69) is 6.92 Å². The van der Waals surface area contributed by atoms with Crippen LogP contribution in [0.5, 0.6) is 0 Å². The molecule has 0 radical (unpaired) electrons. The second kappa shape index (κ2) is 5.36. The van der Waals surface area contributed by atoms with Crippen LogP contribution in [0.1, 0.15) is 39.0 Å². The smallest absolute Gasteiger partial charge is 0.230 e. The molecule has 2 fully saturated rings.